The topological polar surface area (TPSA) is 120 Å². The Hall–Kier alpha value is -1.85. The lowest BCUT2D eigenvalue weighted by Crippen LogP contribution is -2.24. The molecule has 1 rings (SSSR count). The van der Waals surface area contributed by atoms with Gasteiger partial charge in [0.2, 0.25) is 15.8 Å². The minimum Gasteiger partial charge on any atom is -0.475 e. The van der Waals surface area contributed by atoms with Crippen molar-refractivity contribution >= 4 is 16.0 Å². The van der Waals surface area contributed by atoms with Crippen molar-refractivity contribution in [3.8, 4) is 6.07 Å². The van der Waals surface area contributed by atoms with Crippen LogP contribution >= 0.6 is 0 Å². The normalized spacial score (nSPS) is 11.1. The third-order valence-electron chi connectivity index (χ3n) is 1.90. The number of rotatable bonds is 5. The van der Waals surface area contributed by atoms with Crippen molar-refractivity contribution < 1.29 is 22.7 Å². The van der Waals surface area contributed by atoms with Crippen LogP contribution in [0.25, 0.3) is 0 Å². The van der Waals surface area contributed by atoms with E-state index in [-0.39, 0.29) is 23.6 Å². The highest BCUT2D eigenvalue weighted by molar-refractivity contribution is 7.89. The van der Waals surface area contributed by atoms with E-state index in [4.69, 9.17) is 14.8 Å². The molecule has 0 saturated heterocycles. The van der Waals surface area contributed by atoms with Crippen LogP contribution in [0.15, 0.2) is 15.4 Å². The summed E-state index contributed by atoms with van der Waals surface area (Å²) in [7, 11) is -3.83. The summed E-state index contributed by atoms with van der Waals surface area (Å²) in [4.78, 5) is 10.4. The number of hydrogen-bond acceptors (Lipinski definition) is 5. The lowest BCUT2D eigenvalue weighted by Gasteiger charge is -2.02. The Morgan fingerprint density at radius 2 is 2.29 bits per heavy atom. The van der Waals surface area contributed by atoms with Crippen LogP contribution < -0.4 is 4.72 Å². The van der Waals surface area contributed by atoms with Gasteiger partial charge in [-0.05, 0) is 6.92 Å². The zero-order valence-electron chi connectivity index (χ0n) is 8.93. The quantitative estimate of drug-likeness (QED) is 0.741. The van der Waals surface area contributed by atoms with Crippen molar-refractivity contribution in [3.05, 3.63) is 17.6 Å². The molecule has 7 nitrogen and oxygen atoms in total. The Morgan fingerprint density at radius 1 is 1.65 bits per heavy atom. The average Bonchev–Trinajstić information content (AvgIpc) is 2.61. The smallest absolute Gasteiger partial charge is 0.371 e. The Bertz CT molecular complexity index is 567. The van der Waals surface area contributed by atoms with E-state index in [0.717, 1.165) is 6.07 Å². The number of nitriles is 1. The number of carbonyl (C=O) groups is 1. The molecule has 0 aromatic carbocycles. The average molecular weight is 258 g/mol. The molecule has 0 aliphatic heterocycles. The Labute approximate surface area is 97.7 Å². The van der Waals surface area contributed by atoms with Gasteiger partial charge in [-0.2, -0.15) is 5.26 Å². The molecule has 1 aromatic heterocycles. The van der Waals surface area contributed by atoms with Crippen molar-refractivity contribution in [1.82, 2.24) is 4.72 Å². The molecule has 0 unspecified atom stereocenters. The Morgan fingerprint density at radius 3 is 2.76 bits per heavy atom. The summed E-state index contributed by atoms with van der Waals surface area (Å²) in [6, 6.07) is 2.72. The Kier molecular flexibility index (Phi) is 3.88. The summed E-state index contributed by atoms with van der Waals surface area (Å²) in [5.74, 6) is -1.79. The maximum Gasteiger partial charge on any atom is 0.371 e. The van der Waals surface area contributed by atoms with E-state index in [9.17, 15) is 13.2 Å². The van der Waals surface area contributed by atoms with Crippen LogP contribution in [0.4, 0.5) is 0 Å². The molecule has 1 heterocycles. The van der Waals surface area contributed by atoms with Crippen molar-refractivity contribution in [3.63, 3.8) is 0 Å². The second-order valence-corrected chi connectivity index (χ2v) is 4.88. The molecule has 0 saturated carbocycles. The summed E-state index contributed by atoms with van der Waals surface area (Å²) < 4.78 is 30.3. The lowest BCUT2D eigenvalue weighted by atomic mass is 10.4. The van der Waals surface area contributed by atoms with Gasteiger partial charge in [-0.25, -0.2) is 17.9 Å². The first-order chi connectivity index (χ1) is 7.88. The first-order valence-corrected chi connectivity index (χ1v) is 6.07. The van der Waals surface area contributed by atoms with Gasteiger partial charge in [0, 0.05) is 19.0 Å². The molecule has 17 heavy (non-hydrogen) atoms. The number of sulfonamides is 1. The number of hydrogen-bond donors (Lipinski definition) is 2. The zero-order chi connectivity index (χ0) is 13.1. The monoisotopic (exact) mass is 258 g/mol. The molecule has 0 aliphatic rings. The molecule has 0 atom stereocenters. The zero-order valence-corrected chi connectivity index (χ0v) is 9.74. The number of nitrogens with zero attached hydrogens (tertiary/aromatic N) is 1. The summed E-state index contributed by atoms with van der Waals surface area (Å²) in [5, 5.41) is 16.9. The minimum absolute atomic E-state index is 0.00754. The second-order valence-electron chi connectivity index (χ2n) is 3.14. The predicted molar refractivity (Wildman–Crippen MR) is 55.8 cm³/mol. The van der Waals surface area contributed by atoms with E-state index in [2.05, 4.69) is 4.72 Å². The van der Waals surface area contributed by atoms with Gasteiger partial charge in [0.1, 0.15) is 10.7 Å². The number of furan rings is 1. The van der Waals surface area contributed by atoms with E-state index < -0.39 is 21.8 Å². The highest BCUT2D eigenvalue weighted by atomic mass is 32.2. The second kappa shape index (κ2) is 4.99. The fourth-order valence-electron chi connectivity index (χ4n) is 1.16. The van der Waals surface area contributed by atoms with Gasteiger partial charge in [-0.15, -0.1) is 0 Å². The number of carboxylic acid groups (broad SMARTS) is 1. The molecule has 92 valence electrons. The Balaban J connectivity index is 2.99. The van der Waals surface area contributed by atoms with Crippen LogP contribution in [0.3, 0.4) is 0 Å². The van der Waals surface area contributed by atoms with E-state index in [1.54, 1.807) is 6.07 Å². The predicted octanol–water partition coefficient (Wildman–Crippen LogP) is 0.478. The van der Waals surface area contributed by atoms with Gasteiger partial charge >= 0.3 is 5.97 Å². The molecular weight excluding hydrogens is 248 g/mol. The van der Waals surface area contributed by atoms with Gasteiger partial charge < -0.3 is 9.52 Å². The third kappa shape index (κ3) is 3.05. The molecule has 2 N–H and O–H groups in total. The van der Waals surface area contributed by atoms with Crippen LogP contribution in [0.1, 0.15) is 22.7 Å². The molecular formula is C9H10N2O5S. The van der Waals surface area contributed by atoms with Crippen LogP contribution in [-0.2, 0) is 10.0 Å². The first-order valence-electron chi connectivity index (χ1n) is 4.59. The highest BCUT2D eigenvalue weighted by Crippen LogP contribution is 2.19. The molecule has 0 bridgehead atoms. The maximum absolute atomic E-state index is 11.7. The van der Waals surface area contributed by atoms with Gasteiger partial charge in [0.25, 0.3) is 0 Å². The van der Waals surface area contributed by atoms with Gasteiger partial charge in [0.15, 0.2) is 0 Å². The fourth-order valence-corrected chi connectivity index (χ4v) is 2.37. The van der Waals surface area contributed by atoms with Crippen molar-refractivity contribution in [1.29, 1.82) is 5.26 Å². The van der Waals surface area contributed by atoms with Crippen molar-refractivity contribution in [2.75, 3.05) is 6.54 Å². The third-order valence-corrected chi connectivity index (χ3v) is 3.47. The number of carboxylic acids is 1. The van der Waals surface area contributed by atoms with Crippen molar-refractivity contribution in [2.24, 2.45) is 0 Å². The molecule has 0 spiro atoms. The molecule has 0 fully saturated rings. The van der Waals surface area contributed by atoms with E-state index >= 15 is 0 Å². The van der Waals surface area contributed by atoms with E-state index in [1.165, 1.54) is 6.92 Å². The number of nitrogens with one attached hydrogen (secondary N) is 1. The summed E-state index contributed by atoms with van der Waals surface area (Å²) >= 11 is 0. The SMILES string of the molecule is Cc1oc(C(=O)O)cc1S(=O)(=O)NCCC#N. The summed E-state index contributed by atoms with van der Waals surface area (Å²) in [6.07, 6.45) is 0.0297. The van der Waals surface area contributed by atoms with Gasteiger partial charge in [-0.3, -0.25) is 0 Å². The molecule has 1 aromatic rings. The van der Waals surface area contributed by atoms with Crippen LogP contribution in [0.2, 0.25) is 0 Å². The number of aromatic carboxylic acids is 1. The molecule has 0 radical (unpaired) electrons. The standard InChI is InChI=1S/C9H10N2O5S/c1-6-8(5-7(16-6)9(12)13)17(14,15)11-4-2-3-10/h5,11H,2,4H2,1H3,(H,12,13). The van der Waals surface area contributed by atoms with Crippen LogP contribution in [0, 0.1) is 18.3 Å². The summed E-state index contributed by atoms with van der Waals surface area (Å²) in [6.45, 7) is 1.32. The van der Waals surface area contributed by atoms with Crippen LogP contribution in [-0.4, -0.2) is 26.0 Å². The maximum atomic E-state index is 11.7. The largest absolute Gasteiger partial charge is 0.475 e. The molecule has 8 heteroatoms. The van der Waals surface area contributed by atoms with Crippen molar-refractivity contribution in [2.45, 2.75) is 18.2 Å². The first kappa shape index (κ1) is 13.2. The van der Waals surface area contributed by atoms with E-state index in [1.807, 2.05) is 0 Å². The van der Waals surface area contributed by atoms with Gasteiger partial charge in [-0.1, -0.05) is 0 Å². The van der Waals surface area contributed by atoms with E-state index in [0.29, 0.717) is 0 Å². The van der Waals surface area contributed by atoms with Gasteiger partial charge in [0.05, 0.1) is 6.07 Å². The molecule has 0 amide bonds. The lowest BCUT2D eigenvalue weighted by molar-refractivity contribution is 0.0661. The number of aryl methyl sites for hydroxylation is 1. The minimum atomic E-state index is -3.83. The van der Waals surface area contributed by atoms with Crippen LogP contribution in [0.5, 0.6) is 0 Å². The highest BCUT2D eigenvalue weighted by Gasteiger charge is 2.23. The molecule has 0 aliphatic carbocycles. The summed E-state index contributed by atoms with van der Waals surface area (Å²) in [5.41, 5.74) is 0. The fraction of sp³-hybridized carbons (Fsp3) is 0.333.